The zero-order chi connectivity index (χ0) is 15.8. The molecule has 7 heteroatoms. The van der Waals surface area contributed by atoms with E-state index in [1.165, 1.54) is 10.7 Å². The number of carbonyl (C=O) groups is 1. The topological polar surface area (TPSA) is 67.2 Å². The minimum Gasteiger partial charge on any atom is -0.396 e. The number of thioether (sulfide) groups is 1. The maximum Gasteiger partial charge on any atom is 0.271 e. The van der Waals surface area contributed by atoms with Gasteiger partial charge in [0.2, 0.25) is 0 Å². The Morgan fingerprint density at radius 2 is 2.14 bits per heavy atom. The van der Waals surface area contributed by atoms with Crippen LogP contribution in [0, 0.1) is 5.82 Å². The van der Waals surface area contributed by atoms with Gasteiger partial charge in [-0.2, -0.15) is 16.9 Å². The van der Waals surface area contributed by atoms with Crippen molar-refractivity contribution in [3.8, 4) is 5.69 Å². The monoisotopic (exact) mass is 323 g/mol. The number of nitrogens with zero attached hydrogens (tertiary/aromatic N) is 2. The van der Waals surface area contributed by atoms with Gasteiger partial charge in [0.25, 0.3) is 5.91 Å². The predicted octanol–water partition coefficient (Wildman–Crippen LogP) is 1.86. The van der Waals surface area contributed by atoms with Gasteiger partial charge in [-0.15, -0.1) is 0 Å². The third-order valence-electron chi connectivity index (χ3n) is 2.90. The van der Waals surface area contributed by atoms with E-state index in [-0.39, 0.29) is 18.2 Å². The average Bonchev–Trinajstić information content (AvgIpc) is 3.01. The molecule has 0 saturated heterocycles. The van der Waals surface area contributed by atoms with Crippen molar-refractivity contribution in [2.24, 2.45) is 0 Å². The smallest absolute Gasteiger partial charge is 0.271 e. The third kappa shape index (κ3) is 4.57. The van der Waals surface area contributed by atoms with Gasteiger partial charge >= 0.3 is 0 Å². The molecule has 0 fully saturated rings. The molecule has 1 aromatic carbocycles. The van der Waals surface area contributed by atoms with Crippen LogP contribution < -0.4 is 5.32 Å². The van der Waals surface area contributed by atoms with E-state index >= 15 is 0 Å². The minimum atomic E-state index is -0.391. The highest BCUT2D eigenvalue weighted by Gasteiger charge is 2.11. The lowest BCUT2D eigenvalue weighted by atomic mass is 10.3. The van der Waals surface area contributed by atoms with Gasteiger partial charge in [-0.05, 0) is 30.4 Å². The fraction of sp³-hybridized carbons (Fsp3) is 0.333. The number of aliphatic hydroxyl groups excluding tert-OH is 1. The molecule has 2 N–H and O–H groups in total. The zero-order valence-corrected chi connectivity index (χ0v) is 12.9. The lowest BCUT2D eigenvalue weighted by Crippen LogP contribution is -2.26. The molecule has 0 spiro atoms. The first-order valence-electron chi connectivity index (χ1n) is 7.00. The van der Waals surface area contributed by atoms with Crippen LogP contribution in [0.5, 0.6) is 0 Å². The Kier molecular flexibility index (Phi) is 6.42. The van der Waals surface area contributed by atoms with Crippen LogP contribution in [0.15, 0.2) is 36.5 Å². The summed E-state index contributed by atoms with van der Waals surface area (Å²) >= 11 is 1.67. The van der Waals surface area contributed by atoms with E-state index in [4.69, 9.17) is 5.11 Å². The lowest BCUT2D eigenvalue weighted by Gasteiger charge is -2.04. The SMILES string of the molecule is O=C(NCCSCCCO)c1ccn(-c2ccccc2F)n1. The van der Waals surface area contributed by atoms with Crippen molar-refractivity contribution in [3.63, 3.8) is 0 Å². The zero-order valence-electron chi connectivity index (χ0n) is 12.0. The van der Waals surface area contributed by atoms with Crippen molar-refractivity contribution in [1.29, 1.82) is 0 Å². The summed E-state index contributed by atoms with van der Waals surface area (Å²) in [7, 11) is 0. The number of hydrogen-bond acceptors (Lipinski definition) is 4. The summed E-state index contributed by atoms with van der Waals surface area (Å²) in [5, 5.41) is 15.5. The first-order valence-corrected chi connectivity index (χ1v) is 8.15. The van der Waals surface area contributed by atoms with Crippen LogP contribution in [0.25, 0.3) is 5.69 Å². The molecule has 22 heavy (non-hydrogen) atoms. The van der Waals surface area contributed by atoms with Crippen LogP contribution >= 0.6 is 11.8 Å². The second-order valence-corrected chi connectivity index (χ2v) is 5.77. The van der Waals surface area contributed by atoms with Crippen LogP contribution in [0.3, 0.4) is 0 Å². The summed E-state index contributed by atoms with van der Waals surface area (Å²) in [6.07, 6.45) is 2.31. The predicted molar refractivity (Wildman–Crippen MR) is 84.9 cm³/mol. The maximum absolute atomic E-state index is 13.7. The highest BCUT2D eigenvalue weighted by molar-refractivity contribution is 7.99. The number of aliphatic hydroxyl groups is 1. The lowest BCUT2D eigenvalue weighted by molar-refractivity contribution is 0.0950. The van der Waals surface area contributed by atoms with Crippen LogP contribution in [-0.2, 0) is 0 Å². The molecule has 0 aliphatic carbocycles. The quantitative estimate of drug-likeness (QED) is 0.728. The molecule has 0 aliphatic heterocycles. The molecule has 1 heterocycles. The van der Waals surface area contributed by atoms with Crippen LogP contribution in [0.2, 0.25) is 0 Å². The fourth-order valence-electron chi connectivity index (χ4n) is 1.81. The van der Waals surface area contributed by atoms with Crippen molar-refractivity contribution in [1.82, 2.24) is 15.1 Å². The van der Waals surface area contributed by atoms with Crippen LogP contribution in [0.1, 0.15) is 16.9 Å². The Labute approximate surface area is 132 Å². The molecule has 0 atom stereocenters. The van der Waals surface area contributed by atoms with Gasteiger partial charge in [0.15, 0.2) is 5.69 Å². The standard InChI is InChI=1S/C15H18FN3O2S/c16-12-4-1-2-5-14(12)19-8-6-13(18-19)15(21)17-7-11-22-10-3-9-20/h1-2,4-6,8,20H,3,7,9-11H2,(H,17,21). The fourth-order valence-corrected chi connectivity index (χ4v) is 2.60. The van der Waals surface area contributed by atoms with E-state index in [0.717, 1.165) is 17.9 Å². The number of nitrogens with one attached hydrogen (secondary N) is 1. The summed E-state index contributed by atoms with van der Waals surface area (Å²) in [6.45, 7) is 0.717. The van der Waals surface area contributed by atoms with Crippen molar-refractivity contribution in [2.75, 3.05) is 24.7 Å². The second-order valence-electron chi connectivity index (χ2n) is 4.54. The molecule has 1 amide bonds. The number of para-hydroxylation sites is 1. The second kappa shape index (κ2) is 8.55. The average molecular weight is 323 g/mol. The highest BCUT2D eigenvalue weighted by Crippen LogP contribution is 2.12. The molecule has 5 nitrogen and oxygen atoms in total. The first kappa shape index (κ1) is 16.5. The van der Waals surface area contributed by atoms with Gasteiger partial charge in [0.1, 0.15) is 11.5 Å². The summed E-state index contributed by atoms with van der Waals surface area (Å²) in [4.78, 5) is 11.9. The normalized spacial score (nSPS) is 10.6. The molecule has 2 aromatic rings. The van der Waals surface area contributed by atoms with E-state index in [0.29, 0.717) is 12.2 Å². The summed E-state index contributed by atoms with van der Waals surface area (Å²) < 4.78 is 15.0. The van der Waals surface area contributed by atoms with E-state index in [2.05, 4.69) is 10.4 Å². The van der Waals surface area contributed by atoms with E-state index < -0.39 is 5.82 Å². The first-order chi connectivity index (χ1) is 10.7. The molecular weight excluding hydrogens is 305 g/mol. The van der Waals surface area contributed by atoms with Gasteiger partial charge < -0.3 is 10.4 Å². The molecule has 118 valence electrons. The largest absolute Gasteiger partial charge is 0.396 e. The Hall–Kier alpha value is -1.86. The number of amides is 1. The van der Waals surface area contributed by atoms with Gasteiger partial charge in [-0.1, -0.05) is 12.1 Å². The number of rotatable bonds is 8. The van der Waals surface area contributed by atoms with Crippen molar-refractivity contribution in [2.45, 2.75) is 6.42 Å². The number of carbonyl (C=O) groups excluding carboxylic acids is 1. The van der Waals surface area contributed by atoms with E-state index in [1.54, 1.807) is 42.2 Å². The highest BCUT2D eigenvalue weighted by atomic mass is 32.2. The van der Waals surface area contributed by atoms with Gasteiger partial charge in [0, 0.05) is 25.1 Å². The molecule has 0 bridgehead atoms. The molecule has 0 aliphatic rings. The number of hydrogen-bond donors (Lipinski definition) is 2. The maximum atomic E-state index is 13.7. The molecule has 1 aromatic heterocycles. The Bertz CT molecular complexity index is 618. The summed E-state index contributed by atoms with van der Waals surface area (Å²) in [5.74, 6) is 0.976. The van der Waals surface area contributed by atoms with E-state index in [9.17, 15) is 9.18 Å². The number of aromatic nitrogens is 2. The molecular formula is C15H18FN3O2S. The Morgan fingerprint density at radius 1 is 1.32 bits per heavy atom. The molecule has 0 radical (unpaired) electrons. The Morgan fingerprint density at radius 3 is 2.91 bits per heavy atom. The van der Waals surface area contributed by atoms with E-state index in [1.807, 2.05) is 0 Å². The van der Waals surface area contributed by atoms with Crippen molar-refractivity contribution < 1.29 is 14.3 Å². The van der Waals surface area contributed by atoms with Crippen LogP contribution in [-0.4, -0.2) is 45.5 Å². The van der Waals surface area contributed by atoms with Gasteiger partial charge in [0.05, 0.1) is 0 Å². The number of benzene rings is 1. The molecule has 0 saturated carbocycles. The number of halogens is 1. The minimum absolute atomic E-state index is 0.187. The Balaban J connectivity index is 1.86. The van der Waals surface area contributed by atoms with Gasteiger partial charge in [-0.25, -0.2) is 9.07 Å². The molecule has 0 unspecified atom stereocenters. The van der Waals surface area contributed by atoms with Crippen molar-refractivity contribution >= 4 is 17.7 Å². The van der Waals surface area contributed by atoms with Gasteiger partial charge in [-0.3, -0.25) is 4.79 Å². The summed E-state index contributed by atoms with van der Waals surface area (Å²) in [5.41, 5.74) is 0.560. The molecule has 2 rings (SSSR count). The van der Waals surface area contributed by atoms with Crippen molar-refractivity contribution in [3.05, 3.63) is 48.0 Å². The third-order valence-corrected chi connectivity index (χ3v) is 3.97. The van der Waals surface area contributed by atoms with Crippen LogP contribution in [0.4, 0.5) is 4.39 Å². The summed E-state index contributed by atoms with van der Waals surface area (Å²) in [6, 6.07) is 7.82.